The fraction of sp³-hybridized carbons (Fsp3) is 0.409. The van der Waals surface area contributed by atoms with Gasteiger partial charge in [0.2, 0.25) is 0 Å². The predicted molar refractivity (Wildman–Crippen MR) is 122 cm³/mol. The van der Waals surface area contributed by atoms with Crippen molar-refractivity contribution in [3.8, 4) is 0 Å². The van der Waals surface area contributed by atoms with Gasteiger partial charge in [-0.3, -0.25) is 14.9 Å². The fourth-order valence-electron chi connectivity index (χ4n) is 3.53. The van der Waals surface area contributed by atoms with Crippen LogP contribution in [0.4, 0.5) is 9.80 Å². The zero-order valence-corrected chi connectivity index (χ0v) is 20.0. The molecule has 2 aromatic rings. The smallest absolute Gasteiger partial charge is 0.413 e. The number of methoxy groups -OCH3 is 1. The average Bonchev–Trinajstić information content (AvgIpc) is 3.10. The summed E-state index contributed by atoms with van der Waals surface area (Å²) in [5.41, 5.74) is 1.37. The van der Waals surface area contributed by atoms with Crippen LogP contribution >= 0.6 is 11.3 Å². The molecule has 3 amide bonds. The summed E-state index contributed by atoms with van der Waals surface area (Å²) >= 11 is 1.32. The average molecular weight is 479 g/mol. The second kappa shape index (κ2) is 9.41. The number of amides is 3. The molecule has 0 saturated heterocycles. The Bertz CT molecular complexity index is 1150. The van der Waals surface area contributed by atoms with Crippen molar-refractivity contribution >= 4 is 44.1 Å². The zero-order valence-electron chi connectivity index (χ0n) is 18.4. The number of imide groups is 1. The van der Waals surface area contributed by atoms with Gasteiger partial charge in [-0.05, 0) is 68.9 Å². The lowest BCUT2D eigenvalue weighted by Crippen LogP contribution is -2.31. The van der Waals surface area contributed by atoms with E-state index in [4.69, 9.17) is 0 Å². The summed E-state index contributed by atoms with van der Waals surface area (Å²) in [4.78, 5) is 38.3. The molecule has 1 aromatic carbocycles. The van der Waals surface area contributed by atoms with Gasteiger partial charge in [0.25, 0.3) is 11.8 Å². The Morgan fingerprint density at radius 2 is 1.78 bits per heavy atom. The zero-order chi connectivity index (χ0) is 23.6. The summed E-state index contributed by atoms with van der Waals surface area (Å²) in [6.45, 7) is 5.31. The van der Waals surface area contributed by atoms with Crippen LogP contribution in [-0.4, -0.2) is 38.7 Å². The normalized spacial score (nSPS) is 15.7. The quantitative estimate of drug-likeness (QED) is 0.675. The molecular weight excluding hydrogens is 452 g/mol. The third-order valence-corrected chi connectivity index (χ3v) is 8.77. The largest absolute Gasteiger partial charge is 0.453 e. The van der Waals surface area contributed by atoms with Gasteiger partial charge >= 0.3 is 6.09 Å². The minimum Gasteiger partial charge on any atom is -0.453 e. The predicted octanol–water partition coefficient (Wildman–Crippen LogP) is 3.80. The number of carbonyl (C=O) groups excluding carboxylic acids is 3. The Morgan fingerprint density at radius 3 is 2.38 bits per heavy atom. The Labute approximate surface area is 191 Å². The number of hydrogen-bond acceptors (Lipinski definition) is 7. The van der Waals surface area contributed by atoms with Crippen LogP contribution in [0.3, 0.4) is 0 Å². The van der Waals surface area contributed by atoms with E-state index in [0.29, 0.717) is 17.3 Å². The highest BCUT2D eigenvalue weighted by molar-refractivity contribution is 7.92. The van der Waals surface area contributed by atoms with Gasteiger partial charge in [0.05, 0.1) is 22.8 Å². The molecule has 0 spiro atoms. The number of sulfone groups is 1. The Hall–Kier alpha value is -2.72. The van der Waals surface area contributed by atoms with Crippen LogP contribution in [0.1, 0.15) is 58.3 Å². The Morgan fingerprint density at radius 1 is 1.12 bits per heavy atom. The number of ether oxygens (including phenoxy) is 1. The number of anilines is 1. The van der Waals surface area contributed by atoms with E-state index in [1.165, 1.54) is 42.7 Å². The lowest BCUT2D eigenvalue weighted by atomic mass is 9.88. The van der Waals surface area contributed by atoms with E-state index < -0.39 is 33.0 Å². The van der Waals surface area contributed by atoms with Crippen molar-refractivity contribution in [1.82, 2.24) is 5.32 Å². The lowest BCUT2D eigenvalue weighted by Gasteiger charge is -2.18. The van der Waals surface area contributed by atoms with E-state index in [1.807, 2.05) is 0 Å². The second-order valence-electron chi connectivity index (χ2n) is 8.07. The molecule has 1 atom stereocenters. The van der Waals surface area contributed by atoms with Crippen molar-refractivity contribution in [3.63, 3.8) is 0 Å². The maximum atomic E-state index is 12.9. The summed E-state index contributed by atoms with van der Waals surface area (Å²) < 4.78 is 29.1. The SMILES string of the molecule is COC(=O)NC(=O)c1c(NC(=O)c2ccc(S(=O)(=O)C(C)C)cc2)sc2c1CCC(C)C2. The molecule has 0 radical (unpaired) electrons. The first kappa shape index (κ1) is 23.9. The molecule has 10 heteroatoms. The third kappa shape index (κ3) is 4.86. The van der Waals surface area contributed by atoms with Crippen LogP contribution in [-0.2, 0) is 27.4 Å². The molecule has 1 aliphatic rings. The second-order valence-corrected chi connectivity index (χ2v) is 11.7. The molecule has 1 aliphatic carbocycles. The van der Waals surface area contributed by atoms with E-state index in [-0.39, 0.29) is 16.0 Å². The molecule has 8 nitrogen and oxygen atoms in total. The van der Waals surface area contributed by atoms with Gasteiger partial charge in [0.1, 0.15) is 5.00 Å². The molecule has 1 aromatic heterocycles. The van der Waals surface area contributed by atoms with E-state index in [1.54, 1.807) is 13.8 Å². The molecular formula is C22H26N2O6S2. The molecule has 32 heavy (non-hydrogen) atoms. The Balaban J connectivity index is 1.90. The molecule has 0 bridgehead atoms. The van der Waals surface area contributed by atoms with Gasteiger partial charge in [-0.15, -0.1) is 11.3 Å². The number of alkyl carbamates (subject to hydrolysis) is 1. The standard InChI is InChI=1S/C22H26N2O6S2/c1-12(2)32(28,29)15-8-6-14(7-9-15)19(25)23-21-18(20(26)24-22(27)30-4)16-10-5-13(3)11-17(16)31-21/h6-9,12-13H,5,10-11H2,1-4H3,(H,23,25)(H,24,26,27). The molecule has 2 N–H and O–H groups in total. The van der Waals surface area contributed by atoms with Crippen LogP contribution in [0.5, 0.6) is 0 Å². The maximum Gasteiger partial charge on any atom is 0.413 e. The fourth-order valence-corrected chi connectivity index (χ4v) is 5.99. The summed E-state index contributed by atoms with van der Waals surface area (Å²) in [5.74, 6) is -0.647. The van der Waals surface area contributed by atoms with E-state index in [9.17, 15) is 22.8 Å². The van der Waals surface area contributed by atoms with Crippen LogP contribution in [0.25, 0.3) is 0 Å². The molecule has 0 fully saturated rings. The van der Waals surface area contributed by atoms with Crippen molar-refractivity contribution in [3.05, 3.63) is 45.8 Å². The minimum atomic E-state index is -3.44. The minimum absolute atomic E-state index is 0.141. The summed E-state index contributed by atoms with van der Waals surface area (Å²) in [6.07, 6.45) is 1.49. The van der Waals surface area contributed by atoms with E-state index in [0.717, 1.165) is 23.3 Å². The van der Waals surface area contributed by atoms with Crippen LogP contribution < -0.4 is 10.6 Å². The highest BCUT2D eigenvalue weighted by atomic mass is 32.2. The summed E-state index contributed by atoms with van der Waals surface area (Å²) in [6, 6.07) is 5.68. The van der Waals surface area contributed by atoms with Crippen LogP contribution in [0.2, 0.25) is 0 Å². The van der Waals surface area contributed by atoms with Gasteiger partial charge in [-0.25, -0.2) is 13.2 Å². The molecule has 3 rings (SSSR count). The van der Waals surface area contributed by atoms with Crippen molar-refractivity contribution in [2.75, 3.05) is 12.4 Å². The highest BCUT2D eigenvalue weighted by Crippen LogP contribution is 2.40. The number of carbonyl (C=O) groups is 3. The van der Waals surface area contributed by atoms with Gasteiger partial charge < -0.3 is 10.1 Å². The molecule has 1 heterocycles. The summed E-state index contributed by atoms with van der Waals surface area (Å²) in [7, 11) is -2.28. The van der Waals surface area contributed by atoms with Gasteiger partial charge in [0, 0.05) is 10.4 Å². The number of benzene rings is 1. The van der Waals surface area contributed by atoms with Crippen molar-refractivity contribution < 1.29 is 27.5 Å². The van der Waals surface area contributed by atoms with Gasteiger partial charge in [0.15, 0.2) is 9.84 Å². The topological polar surface area (TPSA) is 119 Å². The molecule has 0 aliphatic heterocycles. The van der Waals surface area contributed by atoms with E-state index in [2.05, 4.69) is 22.3 Å². The first-order valence-electron chi connectivity index (χ1n) is 10.2. The van der Waals surface area contributed by atoms with Crippen LogP contribution in [0, 0.1) is 5.92 Å². The van der Waals surface area contributed by atoms with E-state index >= 15 is 0 Å². The van der Waals surface area contributed by atoms with Gasteiger partial charge in [-0.1, -0.05) is 6.92 Å². The van der Waals surface area contributed by atoms with Crippen molar-refractivity contribution in [2.45, 2.75) is 50.2 Å². The van der Waals surface area contributed by atoms with Crippen LogP contribution in [0.15, 0.2) is 29.2 Å². The number of rotatable bonds is 5. The maximum absolute atomic E-state index is 12.9. The Kier molecular flexibility index (Phi) is 7.04. The number of fused-ring (bicyclic) bond motifs is 1. The summed E-state index contributed by atoms with van der Waals surface area (Å²) in [5, 5.41) is 4.72. The molecule has 172 valence electrons. The number of nitrogens with one attached hydrogen (secondary N) is 2. The highest BCUT2D eigenvalue weighted by Gasteiger charge is 2.29. The number of thiophene rings is 1. The van der Waals surface area contributed by atoms with Crippen molar-refractivity contribution in [1.29, 1.82) is 0 Å². The monoisotopic (exact) mass is 478 g/mol. The lowest BCUT2D eigenvalue weighted by molar-refractivity contribution is 0.0937. The third-order valence-electron chi connectivity index (χ3n) is 5.43. The van der Waals surface area contributed by atoms with Crippen molar-refractivity contribution in [2.24, 2.45) is 5.92 Å². The number of hydrogen-bond donors (Lipinski definition) is 2. The first-order chi connectivity index (χ1) is 15.0. The first-order valence-corrected chi connectivity index (χ1v) is 12.6. The molecule has 1 unspecified atom stereocenters. The van der Waals surface area contributed by atoms with Gasteiger partial charge in [-0.2, -0.15) is 0 Å². The molecule has 0 saturated carbocycles.